The van der Waals surface area contributed by atoms with E-state index in [1.165, 1.54) is 12.1 Å². The van der Waals surface area contributed by atoms with Gasteiger partial charge in [0.05, 0.1) is 11.0 Å². The zero-order valence-electron chi connectivity index (χ0n) is 6.73. The Balaban J connectivity index is 2.76. The Bertz CT molecular complexity index is 522. The summed E-state index contributed by atoms with van der Waals surface area (Å²) >= 11 is 5.64. The number of hydrogen-bond donors (Lipinski definition) is 1. The molecule has 2 aromatic rings. The van der Waals surface area contributed by atoms with Crippen LogP contribution in [0.5, 0.6) is 0 Å². The van der Waals surface area contributed by atoms with E-state index >= 15 is 0 Å². The molecule has 0 spiro atoms. The maximum absolute atomic E-state index is 10.5. The number of fused-ring (bicyclic) bond motifs is 1. The average Bonchev–Trinajstić information content (AvgIpc) is 2.42. The lowest BCUT2D eigenvalue weighted by Gasteiger charge is -1.92. The zero-order chi connectivity index (χ0) is 10.3. The van der Waals surface area contributed by atoms with Gasteiger partial charge in [-0.1, -0.05) is 11.6 Å². The van der Waals surface area contributed by atoms with Gasteiger partial charge in [-0.15, -0.1) is 0 Å². The molecule has 0 aliphatic carbocycles. The number of benzene rings is 1. The molecule has 0 saturated heterocycles. The lowest BCUT2D eigenvalue weighted by Crippen LogP contribution is -1.88. The monoisotopic (exact) mass is 213 g/mol. The smallest absolute Gasteiger partial charge is 0.292 e. The van der Waals surface area contributed by atoms with Crippen LogP contribution in [-0.2, 0) is 0 Å². The normalized spacial score (nSPS) is 10.6. The molecule has 2 rings (SSSR count). The molecular weight excluding hydrogens is 210 g/mol. The van der Waals surface area contributed by atoms with Crippen molar-refractivity contribution >= 4 is 34.4 Å². The summed E-state index contributed by atoms with van der Waals surface area (Å²) in [5.74, 6) is 0. The second kappa shape index (κ2) is 2.85. The molecule has 1 aromatic carbocycles. The van der Waals surface area contributed by atoms with Crippen LogP contribution < -0.4 is 5.73 Å². The number of aromatic nitrogens is 1. The number of nitrogens with two attached hydrogens (primary N) is 1. The Morgan fingerprint density at radius 1 is 1.57 bits per heavy atom. The highest BCUT2D eigenvalue weighted by Crippen LogP contribution is 2.30. The molecule has 7 heteroatoms. The lowest BCUT2D eigenvalue weighted by atomic mass is 10.3. The van der Waals surface area contributed by atoms with Gasteiger partial charge in [0, 0.05) is 0 Å². The van der Waals surface area contributed by atoms with Gasteiger partial charge < -0.3 is 10.2 Å². The number of nitro groups is 1. The van der Waals surface area contributed by atoms with Crippen LogP contribution in [0.3, 0.4) is 0 Å². The Labute approximate surface area is 82.4 Å². The van der Waals surface area contributed by atoms with E-state index in [-0.39, 0.29) is 22.3 Å². The van der Waals surface area contributed by atoms with E-state index in [1.54, 1.807) is 0 Å². The molecule has 1 aromatic heterocycles. The maximum Gasteiger partial charge on any atom is 0.292 e. The van der Waals surface area contributed by atoms with Crippen LogP contribution in [0, 0.1) is 10.1 Å². The molecular formula is C7H4ClN3O3. The van der Waals surface area contributed by atoms with E-state index in [0.29, 0.717) is 5.52 Å². The summed E-state index contributed by atoms with van der Waals surface area (Å²) in [7, 11) is 0. The topological polar surface area (TPSA) is 95.2 Å². The van der Waals surface area contributed by atoms with Crippen LogP contribution >= 0.6 is 11.6 Å². The number of oxazole rings is 1. The van der Waals surface area contributed by atoms with Crippen molar-refractivity contribution in [2.24, 2.45) is 0 Å². The summed E-state index contributed by atoms with van der Waals surface area (Å²) < 4.78 is 4.92. The van der Waals surface area contributed by atoms with Crippen molar-refractivity contribution in [2.45, 2.75) is 0 Å². The standard InChI is InChI=1S/C7H4ClN3O3/c8-3-1-4-6(14-7(9)10-4)2-5(3)11(12)13/h1-2H,(H2,9,10). The largest absolute Gasteiger partial charge is 0.423 e. The van der Waals surface area contributed by atoms with Gasteiger partial charge in [-0.25, -0.2) is 0 Å². The van der Waals surface area contributed by atoms with Gasteiger partial charge in [0.2, 0.25) is 0 Å². The van der Waals surface area contributed by atoms with Crippen molar-refractivity contribution in [3.05, 3.63) is 27.3 Å². The van der Waals surface area contributed by atoms with Crippen LogP contribution in [0.25, 0.3) is 11.1 Å². The summed E-state index contributed by atoms with van der Waals surface area (Å²) in [4.78, 5) is 13.7. The minimum absolute atomic E-state index is 0.0100. The van der Waals surface area contributed by atoms with E-state index in [0.717, 1.165) is 0 Å². The second-order valence-electron chi connectivity index (χ2n) is 2.58. The average molecular weight is 214 g/mol. The van der Waals surface area contributed by atoms with Gasteiger partial charge >= 0.3 is 0 Å². The van der Waals surface area contributed by atoms with E-state index < -0.39 is 4.92 Å². The second-order valence-corrected chi connectivity index (χ2v) is 2.99. The molecule has 6 nitrogen and oxygen atoms in total. The van der Waals surface area contributed by atoms with Gasteiger partial charge in [-0.2, -0.15) is 4.98 Å². The Kier molecular flexibility index (Phi) is 1.78. The highest BCUT2D eigenvalue weighted by atomic mass is 35.5. The molecule has 72 valence electrons. The third-order valence-corrected chi connectivity index (χ3v) is 1.97. The van der Waals surface area contributed by atoms with Crippen molar-refractivity contribution in [2.75, 3.05) is 5.73 Å². The molecule has 0 amide bonds. The number of anilines is 1. The molecule has 0 radical (unpaired) electrons. The molecule has 0 aliphatic heterocycles. The van der Waals surface area contributed by atoms with Gasteiger partial charge in [0.25, 0.3) is 11.7 Å². The first-order valence-corrected chi connectivity index (χ1v) is 3.95. The van der Waals surface area contributed by atoms with Gasteiger partial charge in [-0.3, -0.25) is 10.1 Å². The van der Waals surface area contributed by atoms with Gasteiger partial charge in [0.1, 0.15) is 10.5 Å². The predicted octanol–water partition coefficient (Wildman–Crippen LogP) is 1.97. The van der Waals surface area contributed by atoms with Crippen LogP contribution in [0.15, 0.2) is 16.5 Å². The summed E-state index contributed by atoms with van der Waals surface area (Å²) in [5, 5.41) is 10.5. The molecule has 0 aliphatic rings. The van der Waals surface area contributed by atoms with Crippen molar-refractivity contribution in [1.29, 1.82) is 0 Å². The molecule has 1 heterocycles. The summed E-state index contributed by atoms with van der Waals surface area (Å²) in [5.41, 5.74) is 5.70. The van der Waals surface area contributed by atoms with E-state index in [1.807, 2.05) is 0 Å². The predicted molar refractivity (Wildman–Crippen MR) is 50.1 cm³/mol. The third kappa shape index (κ3) is 1.25. The fourth-order valence-corrected chi connectivity index (χ4v) is 1.32. The van der Waals surface area contributed by atoms with E-state index in [9.17, 15) is 10.1 Å². The van der Waals surface area contributed by atoms with E-state index in [4.69, 9.17) is 21.8 Å². The van der Waals surface area contributed by atoms with Crippen molar-refractivity contribution in [3.63, 3.8) is 0 Å². The van der Waals surface area contributed by atoms with Crippen LogP contribution in [-0.4, -0.2) is 9.91 Å². The summed E-state index contributed by atoms with van der Waals surface area (Å²) in [6.07, 6.45) is 0. The summed E-state index contributed by atoms with van der Waals surface area (Å²) in [6, 6.07) is 2.49. The van der Waals surface area contributed by atoms with Crippen LogP contribution in [0.1, 0.15) is 0 Å². The number of nitro benzene ring substituents is 1. The van der Waals surface area contributed by atoms with Gasteiger partial charge in [-0.05, 0) is 6.07 Å². The maximum atomic E-state index is 10.5. The van der Waals surface area contributed by atoms with E-state index in [2.05, 4.69) is 4.98 Å². The first kappa shape index (κ1) is 8.76. The first-order chi connectivity index (χ1) is 6.58. The van der Waals surface area contributed by atoms with Crippen LogP contribution in [0.4, 0.5) is 11.7 Å². The number of hydrogen-bond acceptors (Lipinski definition) is 5. The molecule has 14 heavy (non-hydrogen) atoms. The molecule has 0 bridgehead atoms. The SMILES string of the molecule is Nc1nc2cc(Cl)c([N+](=O)[O-])cc2o1. The minimum Gasteiger partial charge on any atom is -0.423 e. The lowest BCUT2D eigenvalue weighted by molar-refractivity contribution is -0.384. The fraction of sp³-hybridized carbons (Fsp3) is 0. The Morgan fingerprint density at radius 3 is 2.93 bits per heavy atom. The fourth-order valence-electron chi connectivity index (χ4n) is 1.10. The van der Waals surface area contributed by atoms with Gasteiger partial charge in [0.15, 0.2) is 5.58 Å². The number of rotatable bonds is 1. The highest BCUT2D eigenvalue weighted by molar-refractivity contribution is 6.33. The minimum atomic E-state index is -0.597. The molecule has 0 unspecified atom stereocenters. The van der Waals surface area contributed by atoms with Crippen LogP contribution in [0.2, 0.25) is 5.02 Å². The molecule has 0 saturated carbocycles. The summed E-state index contributed by atoms with van der Waals surface area (Å²) in [6.45, 7) is 0. The number of nitrogen functional groups attached to an aromatic ring is 1. The highest BCUT2D eigenvalue weighted by Gasteiger charge is 2.16. The molecule has 2 N–H and O–H groups in total. The van der Waals surface area contributed by atoms with Crippen molar-refractivity contribution in [1.82, 2.24) is 4.98 Å². The first-order valence-electron chi connectivity index (χ1n) is 3.58. The number of halogens is 1. The Hall–Kier alpha value is -1.82. The molecule has 0 fully saturated rings. The van der Waals surface area contributed by atoms with Crippen molar-refractivity contribution < 1.29 is 9.34 Å². The number of nitrogens with zero attached hydrogens (tertiary/aromatic N) is 2. The molecule has 0 atom stereocenters. The third-order valence-electron chi connectivity index (χ3n) is 1.67. The zero-order valence-corrected chi connectivity index (χ0v) is 7.49. The Morgan fingerprint density at radius 2 is 2.29 bits per heavy atom. The van der Waals surface area contributed by atoms with Crippen molar-refractivity contribution in [3.8, 4) is 0 Å². The quantitative estimate of drug-likeness (QED) is 0.577.